The molecule has 338 valence electrons. The van der Waals surface area contributed by atoms with Crippen molar-refractivity contribution in [2.24, 2.45) is 5.73 Å². The fourth-order valence-electron chi connectivity index (χ4n) is 7.33. The third kappa shape index (κ3) is 42.9. The Hall–Kier alpha value is -1.02. The molecule has 0 radical (unpaired) electrons. The average Bonchev–Trinajstić information content (AvgIpc) is 3.20. The maximum Gasteiger partial charge on any atom is 0.472 e. The molecule has 0 aliphatic rings. The summed E-state index contributed by atoms with van der Waals surface area (Å²) in [6.45, 7) is 4.14. The van der Waals surface area contributed by atoms with Crippen LogP contribution in [-0.4, -0.2) is 47.8 Å². The first-order valence-electron chi connectivity index (χ1n) is 24.5. The molecular weight excluding hydrogens is 732 g/mol. The highest BCUT2D eigenvalue weighted by Crippen LogP contribution is 2.43. The Morgan fingerprint density at radius 3 is 1.35 bits per heavy atom. The van der Waals surface area contributed by atoms with Gasteiger partial charge in [0.05, 0.1) is 25.4 Å². The van der Waals surface area contributed by atoms with Crippen molar-refractivity contribution in [3.8, 4) is 0 Å². The van der Waals surface area contributed by atoms with E-state index >= 15 is 0 Å². The standard InChI is InChI=1S/C48H95N2O6P/c1-3-5-7-9-11-13-15-17-19-20-21-22-23-24-25-26-28-30-32-34-36-38-40-42-48(52)50-46(45-56-57(53,54)55-44-43-49)47(51)41-39-37-35-33-31-29-27-18-16-14-12-10-8-6-4-2/h31,33,39,41,46-47,51H,3-30,32,34-38,40,42-45,49H2,1-2H3,(H,50,52)(H,53,54)/b33-31+,41-39+. The molecule has 0 aromatic carbocycles. The second-order valence-corrected chi connectivity index (χ2v) is 18.1. The van der Waals surface area contributed by atoms with Gasteiger partial charge in [0.15, 0.2) is 0 Å². The molecule has 0 spiro atoms. The molecule has 0 aromatic rings. The smallest absolute Gasteiger partial charge is 0.387 e. The largest absolute Gasteiger partial charge is 0.472 e. The predicted octanol–water partition coefficient (Wildman–Crippen LogP) is 14.1. The Morgan fingerprint density at radius 2 is 0.930 bits per heavy atom. The van der Waals surface area contributed by atoms with E-state index in [4.69, 9.17) is 14.8 Å². The number of carbonyl (C=O) groups excluding carboxylic acids is 1. The Bertz CT molecular complexity index is 948. The van der Waals surface area contributed by atoms with Gasteiger partial charge in [-0.05, 0) is 32.1 Å². The first-order chi connectivity index (χ1) is 27.9. The zero-order valence-electron chi connectivity index (χ0n) is 37.6. The molecule has 0 aliphatic heterocycles. The number of hydrogen-bond acceptors (Lipinski definition) is 6. The number of aliphatic hydroxyl groups excluding tert-OH is 1. The minimum atomic E-state index is -4.35. The van der Waals surface area contributed by atoms with Crippen molar-refractivity contribution in [1.29, 1.82) is 0 Å². The molecule has 3 unspecified atom stereocenters. The lowest BCUT2D eigenvalue weighted by atomic mass is 10.0. The molecule has 8 nitrogen and oxygen atoms in total. The van der Waals surface area contributed by atoms with E-state index in [9.17, 15) is 19.4 Å². The topological polar surface area (TPSA) is 131 Å². The van der Waals surface area contributed by atoms with Gasteiger partial charge in [0.25, 0.3) is 0 Å². The highest BCUT2D eigenvalue weighted by Gasteiger charge is 2.26. The number of rotatable bonds is 46. The molecule has 5 N–H and O–H groups in total. The number of nitrogens with one attached hydrogen (secondary N) is 1. The summed E-state index contributed by atoms with van der Waals surface area (Å²) in [6.07, 6.45) is 52.4. The summed E-state index contributed by atoms with van der Waals surface area (Å²) in [4.78, 5) is 22.8. The van der Waals surface area contributed by atoms with Gasteiger partial charge >= 0.3 is 7.82 Å². The Kier molecular flexibility index (Phi) is 43.7. The van der Waals surface area contributed by atoms with E-state index in [1.807, 2.05) is 6.08 Å². The summed E-state index contributed by atoms with van der Waals surface area (Å²) in [5.41, 5.74) is 5.38. The average molecular weight is 827 g/mol. The van der Waals surface area contributed by atoms with Gasteiger partial charge in [0.1, 0.15) is 0 Å². The number of phosphoric acid groups is 1. The predicted molar refractivity (Wildman–Crippen MR) is 245 cm³/mol. The molecule has 0 bridgehead atoms. The van der Waals surface area contributed by atoms with E-state index in [1.54, 1.807) is 6.08 Å². The summed E-state index contributed by atoms with van der Waals surface area (Å²) in [6, 6.07) is -0.873. The van der Waals surface area contributed by atoms with Crippen LogP contribution in [0, 0.1) is 0 Å². The van der Waals surface area contributed by atoms with Gasteiger partial charge in [0.2, 0.25) is 5.91 Å². The van der Waals surface area contributed by atoms with Gasteiger partial charge in [-0.1, -0.05) is 231 Å². The van der Waals surface area contributed by atoms with E-state index in [2.05, 4.69) is 31.3 Å². The molecule has 3 atom stereocenters. The molecule has 0 aromatic heterocycles. The summed E-state index contributed by atoms with van der Waals surface area (Å²) < 4.78 is 22.2. The number of phosphoric ester groups is 1. The quantitative estimate of drug-likeness (QED) is 0.0273. The van der Waals surface area contributed by atoms with Crippen LogP contribution in [0.4, 0.5) is 0 Å². The van der Waals surface area contributed by atoms with E-state index in [0.717, 1.165) is 38.5 Å². The number of hydrogen-bond donors (Lipinski definition) is 4. The molecule has 0 heterocycles. The number of nitrogens with two attached hydrogens (primary N) is 1. The van der Waals surface area contributed by atoms with Crippen molar-refractivity contribution in [3.05, 3.63) is 24.3 Å². The van der Waals surface area contributed by atoms with Crippen LogP contribution in [0.25, 0.3) is 0 Å². The molecule has 1 amide bonds. The normalized spacial score (nSPS) is 14.1. The lowest BCUT2D eigenvalue weighted by Gasteiger charge is -2.23. The van der Waals surface area contributed by atoms with E-state index in [1.165, 1.54) is 186 Å². The fraction of sp³-hybridized carbons (Fsp3) is 0.896. The summed E-state index contributed by atoms with van der Waals surface area (Å²) in [5, 5.41) is 13.7. The van der Waals surface area contributed by atoms with E-state index in [0.29, 0.717) is 6.42 Å². The number of allylic oxidation sites excluding steroid dienone is 3. The summed E-state index contributed by atoms with van der Waals surface area (Å²) >= 11 is 0. The molecule has 57 heavy (non-hydrogen) atoms. The monoisotopic (exact) mass is 827 g/mol. The molecule has 0 rings (SSSR count). The molecular formula is C48H95N2O6P. The van der Waals surface area contributed by atoms with Crippen LogP contribution in [0.2, 0.25) is 0 Å². The Morgan fingerprint density at radius 1 is 0.561 bits per heavy atom. The lowest BCUT2D eigenvalue weighted by Crippen LogP contribution is -2.45. The maximum absolute atomic E-state index is 12.8. The number of amides is 1. The van der Waals surface area contributed by atoms with Crippen LogP contribution in [0.5, 0.6) is 0 Å². The van der Waals surface area contributed by atoms with Crippen LogP contribution in [0.3, 0.4) is 0 Å². The van der Waals surface area contributed by atoms with Gasteiger partial charge in [-0.3, -0.25) is 13.8 Å². The van der Waals surface area contributed by atoms with E-state index < -0.39 is 20.0 Å². The third-order valence-electron chi connectivity index (χ3n) is 11.0. The van der Waals surface area contributed by atoms with E-state index in [-0.39, 0.29) is 25.7 Å². The first-order valence-corrected chi connectivity index (χ1v) is 26.0. The summed E-state index contributed by atoms with van der Waals surface area (Å²) in [5.74, 6) is -0.199. The van der Waals surface area contributed by atoms with Crippen LogP contribution >= 0.6 is 7.82 Å². The van der Waals surface area contributed by atoms with Gasteiger partial charge in [-0.15, -0.1) is 0 Å². The van der Waals surface area contributed by atoms with Crippen LogP contribution < -0.4 is 11.1 Å². The van der Waals surface area contributed by atoms with Crippen LogP contribution in [-0.2, 0) is 18.4 Å². The summed E-state index contributed by atoms with van der Waals surface area (Å²) in [7, 11) is -4.35. The molecule has 0 aliphatic carbocycles. The van der Waals surface area contributed by atoms with Gasteiger partial charge in [-0.25, -0.2) is 4.57 Å². The van der Waals surface area contributed by atoms with Crippen molar-refractivity contribution < 1.29 is 28.4 Å². The van der Waals surface area contributed by atoms with Crippen LogP contribution in [0.15, 0.2) is 24.3 Å². The zero-order chi connectivity index (χ0) is 41.8. The van der Waals surface area contributed by atoms with Crippen molar-refractivity contribution in [3.63, 3.8) is 0 Å². The van der Waals surface area contributed by atoms with Crippen molar-refractivity contribution in [1.82, 2.24) is 5.32 Å². The van der Waals surface area contributed by atoms with Gasteiger partial charge < -0.3 is 21.1 Å². The lowest BCUT2D eigenvalue weighted by molar-refractivity contribution is -0.123. The Balaban J connectivity index is 4.08. The van der Waals surface area contributed by atoms with Crippen molar-refractivity contribution in [2.75, 3.05) is 19.8 Å². The zero-order valence-corrected chi connectivity index (χ0v) is 38.5. The SMILES string of the molecule is CCCCCCCCCCC/C=C/CC/C=C/C(O)C(COP(=O)(O)OCCN)NC(=O)CCCCCCCCCCCCCCCCCCCCCCCCC. The Labute approximate surface area is 353 Å². The highest BCUT2D eigenvalue weighted by molar-refractivity contribution is 7.47. The molecule has 0 saturated heterocycles. The van der Waals surface area contributed by atoms with Gasteiger partial charge in [0, 0.05) is 13.0 Å². The molecule has 9 heteroatoms. The highest BCUT2D eigenvalue weighted by atomic mass is 31.2. The number of aliphatic hydroxyl groups is 1. The first kappa shape index (κ1) is 56.0. The molecule has 0 saturated carbocycles. The maximum atomic E-state index is 12.8. The van der Waals surface area contributed by atoms with Gasteiger partial charge in [-0.2, -0.15) is 0 Å². The number of unbranched alkanes of at least 4 members (excludes halogenated alkanes) is 32. The third-order valence-corrected chi connectivity index (χ3v) is 12.0. The fourth-order valence-corrected chi connectivity index (χ4v) is 8.09. The minimum absolute atomic E-state index is 0.0760. The second-order valence-electron chi connectivity index (χ2n) is 16.7. The van der Waals surface area contributed by atoms with Crippen molar-refractivity contribution in [2.45, 2.75) is 257 Å². The van der Waals surface area contributed by atoms with Crippen LogP contribution in [0.1, 0.15) is 245 Å². The minimum Gasteiger partial charge on any atom is -0.387 e. The second kappa shape index (κ2) is 44.5. The number of carbonyl (C=O) groups is 1. The molecule has 0 fully saturated rings. The van der Waals surface area contributed by atoms with Crippen molar-refractivity contribution >= 4 is 13.7 Å².